The Balaban J connectivity index is 2.47. The number of hydrogen-bond acceptors (Lipinski definition) is 5. The van der Waals surface area contributed by atoms with Crippen LogP contribution in [0.4, 0.5) is 0 Å². The lowest BCUT2D eigenvalue weighted by molar-refractivity contribution is -0.0410. The van der Waals surface area contributed by atoms with Crippen molar-refractivity contribution in [2.45, 2.75) is 24.4 Å². The molecule has 0 bridgehead atoms. The Labute approximate surface area is 70.2 Å². The Hall–Kier alpha value is 0.190. The normalized spacial score (nSPS) is 40.9. The van der Waals surface area contributed by atoms with Gasteiger partial charge in [0.05, 0.1) is 12.7 Å². The van der Waals surface area contributed by atoms with Gasteiger partial charge < -0.3 is 20.1 Å². The van der Waals surface area contributed by atoms with E-state index in [-0.39, 0.29) is 12.4 Å². The standard InChI is InChI=1S/C6H12O4S/c7-3-1-10-6(5(3)9)4(8)2-11/h3-9,11H,1-2H2/t3-,4+,5+,6+/m0/s1. The molecule has 66 valence electrons. The minimum atomic E-state index is -0.989. The molecule has 0 aliphatic carbocycles. The van der Waals surface area contributed by atoms with Crippen molar-refractivity contribution in [1.82, 2.24) is 0 Å². The van der Waals surface area contributed by atoms with Crippen molar-refractivity contribution < 1.29 is 20.1 Å². The Kier molecular flexibility index (Phi) is 3.15. The van der Waals surface area contributed by atoms with Crippen LogP contribution in [0.5, 0.6) is 0 Å². The van der Waals surface area contributed by atoms with Gasteiger partial charge in [-0.3, -0.25) is 0 Å². The number of hydrogen-bond donors (Lipinski definition) is 4. The summed E-state index contributed by atoms with van der Waals surface area (Å²) < 4.78 is 4.93. The number of thiol groups is 1. The van der Waals surface area contributed by atoms with Crippen molar-refractivity contribution in [3.05, 3.63) is 0 Å². The lowest BCUT2D eigenvalue weighted by Crippen LogP contribution is -2.39. The minimum absolute atomic E-state index is 0.0800. The Morgan fingerprint density at radius 1 is 1.55 bits per heavy atom. The maximum atomic E-state index is 9.19. The monoisotopic (exact) mass is 180 g/mol. The Morgan fingerprint density at radius 3 is 2.55 bits per heavy atom. The van der Waals surface area contributed by atoms with Crippen molar-refractivity contribution in [3.63, 3.8) is 0 Å². The summed E-state index contributed by atoms with van der Waals surface area (Å²) in [4.78, 5) is 0. The van der Waals surface area contributed by atoms with Crippen LogP contribution in [0.3, 0.4) is 0 Å². The molecule has 1 rings (SSSR count). The number of aliphatic hydroxyl groups excluding tert-OH is 3. The van der Waals surface area contributed by atoms with Gasteiger partial charge >= 0.3 is 0 Å². The first-order chi connectivity index (χ1) is 5.16. The second-order valence-corrected chi connectivity index (χ2v) is 2.97. The number of ether oxygens (including phenoxy) is 1. The highest BCUT2D eigenvalue weighted by Gasteiger charge is 2.38. The summed E-state index contributed by atoms with van der Waals surface area (Å²) in [5, 5.41) is 27.4. The largest absolute Gasteiger partial charge is 0.389 e. The van der Waals surface area contributed by atoms with Gasteiger partial charge in [0, 0.05) is 5.75 Å². The summed E-state index contributed by atoms with van der Waals surface area (Å²) in [5.74, 6) is 0.217. The molecule has 4 nitrogen and oxygen atoms in total. The van der Waals surface area contributed by atoms with Crippen LogP contribution in [-0.2, 0) is 4.74 Å². The highest BCUT2D eigenvalue weighted by atomic mass is 32.1. The topological polar surface area (TPSA) is 69.9 Å². The van der Waals surface area contributed by atoms with Gasteiger partial charge in [-0.05, 0) is 0 Å². The Bertz CT molecular complexity index is 132. The van der Waals surface area contributed by atoms with Gasteiger partial charge in [-0.1, -0.05) is 0 Å². The summed E-state index contributed by atoms with van der Waals surface area (Å²) in [5.41, 5.74) is 0. The van der Waals surface area contributed by atoms with Gasteiger partial charge in [-0.15, -0.1) is 0 Å². The number of rotatable bonds is 2. The summed E-state index contributed by atoms with van der Waals surface area (Å²) >= 11 is 3.84. The predicted octanol–water partition coefficient (Wildman–Crippen LogP) is -1.60. The van der Waals surface area contributed by atoms with E-state index < -0.39 is 24.4 Å². The van der Waals surface area contributed by atoms with Crippen LogP contribution in [0, 0.1) is 0 Å². The third kappa shape index (κ3) is 1.86. The molecule has 0 spiro atoms. The summed E-state index contributed by atoms with van der Waals surface area (Å²) in [6, 6.07) is 0. The van der Waals surface area contributed by atoms with Crippen LogP contribution in [0.25, 0.3) is 0 Å². The average Bonchev–Trinajstić information content (AvgIpc) is 2.32. The molecular weight excluding hydrogens is 168 g/mol. The summed E-state index contributed by atoms with van der Waals surface area (Å²) in [7, 11) is 0. The summed E-state index contributed by atoms with van der Waals surface area (Å²) in [6.07, 6.45) is -3.38. The second kappa shape index (κ2) is 3.73. The molecule has 11 heavy (non-hydrogen) atoms. The van der Waals surface area contributed by atoms with Crippen molar-refractivity contribution in [1.29, 1.82) is 0 Å². The molecule has 0 aromatic rings. The molecule has 0 aromatic carbocycles. The van der Waals surface area contributed by atoms with Crippen LogP contribution in [0.15, 0.2) is 0 Å². The van der Waals surface area contributed by atoms with Gasteiger partial charge in [-0.25, -0.2) is 0 Å². The zero-order valence-corrected chi connectivity index (χ0v) is 6.82. The third-order valence-corrected chi connectivity index (χ3v) is 2.13. The van der Waals surface area contributed by atoms with Crippen molar-refractivity contribution >= 4 is 12.6 Å². The SMILES string of the molecule is O[C@H]1[C@@H]([C@H](O)CS)OC[C@@H]1O. The molecule has 4 atom stereocenters. The quantitative estimate of drug-likeness (QED) is 0.386. The molecule has 0 radical (unpaired) electrons. The van der Waals surface area contributed by atoms with Crippen LogP contribution in [0.2, 0.25) is 0 Å². The second-order valence-electron chi connectivity index (χ2n) is 2.61. The zero-order valence-electron chi connectivity index (χ0n) is 5.92. The lowest BCUT2D eigenvalue weighted by atomic mass is 10.1. The maximum Gasteiger partial charge on any atom is 0.113 e. The first-order valence-corrected chi connectivity index (χ1v) is 4.06. The van der Waals surface area contributed by atoms with Crippen molar-refractivity contribution in [2.75, 3.05) is 12.4 Å². The van der Waals surface area contributed by atoms with Crippen LogP contribution in [-0.4, -0.2) is 52.1 Å². The molecule has 0 amide bonds. The summed E-state index contributed by atoms with van der Waals surface area (Å²) in [6.45, 7) is 0.0800. The van der Waals surface area contributed by atoms with Crippen molar-refractivity contribution in [3.8, 4) is 0 Å². The molecule has 1 fully saturated rings. The lowest BCUT2D eigenvalue weighted by Gasteiger charge is -2.18. The first kappa shape index (κ1) is 9.28. The van der Waals surface area contributed by atoms with E-state index in [1.807, 2.05) is 0 Å². The molecule has 1 aliphatic rings. The van der Waals surface area contributed by atoms with Crippen molar-refractivity contribution in [2.24, 2.45) is 0 Å². The molecule has 1 saturated heterocycles. The molecule has 1 aliphatic heterocycles. The fourth-order valence-electron chi connectivity index (χ4n) is 1.07. The third-order valence-electron chi connectivity index (χ3n) is 1.76. The van der Waals surface area contributed by atoms with Crippen LogP contribution in [0.1, 0.15) is 0 Å². The van der Waals surface area contributed by atoms with E-state index in [4.69, 9.17) is 9.84 Å². The van der Waals surface area contributed by atoms with E-state index in [9.17, 15) is 10.2 Å². The average molecular weight is 180 g/mol. The predicted molar refractivity (Wildman–Crippen MR) is 41.6 cm³/mol. The fourth-order valence-corrected chi connectivity index (χ4v) is 1.28. The molecule has 0 saturated carbocycles. The molecule has 5 heteroatoms. The van der Waals surface area contributed by atoms with Gasteiger partial charge in [0.15, 0.2) is 0 Å². The number of aliphatic hydroxyl groups is 3. The smallest absolute Gasteiger partial charge is 0.113 e. The molecule has 0 unspecified atom stereocenters. The van der Waals surface area contributed by atoms with E-state index in [0.29, 0.717) is 0 Å². The van der Waals surface area contributed by atoms with E-state index >= 15 is 0 Å². The zero-order chi connectivity index (χ0) is 8.43. The maximum absolute atomic E-state index is 9.19. The molecule has 1 heterocycles. The minimum Gasteiger partial charge on any atom is -0.389 e. The van der Waals surface area contributed by atoms with Gasteiger partial charge in [0.25, 0.3) is 0 Å². The highest BCUT2D eigenvalue weighted by Crippen LogP contribution is 2.17. The van der Waals surface area contributed by atoms with Gasteiger partial charge in [-0.2, -0.15) is 12.6 Å². The van der Waals surface area contributed by atoms with E-state index in [0.717, 1.165) is 0 Å². The highest BCUT2D eigenvalue weighted by molar-refractivity contribution is 7.80. The molecule has 0 aromatic heterocycles. The van der Waals surface area contributed by atoms with E-state index in [1.165, 1.54) is 0 Å². The first-order valence-electron chi connectivity index (χ1n) is 3.43. The Morgan fingerprint density at radius 2 is 2.18 bits per heavy atom. The molecular formula is C6H12O4S. The van der Waals surface area contributed by atoms with Crippen LogP contribution >= 0.6 is 12.6 Å². The van der Waals surface area contributed by atoms with E-state index in [2.05, 4.69) is 12.6 Å². The molecule has 3 N–H and O–H groups in total. The van der Waals surface area contributed by atoms with E-state index in [1.54, 1.807) is 0 Å². The van der Waals surface area contributed by atoms with Crippen LogP contribution < -0.4 is 0 Å². The fraction of sp³-hybridized carbons (Fsp3) is 1.00. The van der Waals surface area contributed by atoms with Gasteiger partial charge in [0.1, 0.15) is 18.3 Å². The van der Waals surface area contributed by atoms with Gasteiger partial charge in [0.2, 0.25) is 0 Å².